The zero-order valence-electron chi connectivity index (χ0n) is 15.7. The predicted octanol–water partition coefficient (Wildman–Crippen LogP) is 5.10. The summed E-state index contributed by atoms with van der Waals surface area (Å²) in [6, 6.07) is 7.12. The molecule has 1 aromatic carbocycles. The van der Waals surface area contributed by atoms with Crippen molar-refractivity contribution in [2.45, 2.75) is 64.2 Å². The molecule has 0 unspecified atom stereocenters. The molecule has 0 spiro atoms. The van der Waals surface area contributed by atoms with Crippen LogP contribution in [-0.2, 0) is 0 Å². The van der Waals surface area contributed by atoms with Gasteiger partial charge in [-0.1, -0.05) is 44.7 Å². The van der Waals surface area contributed by atoms with Gasteiger partial charge in [0, 0.05) is 23.5 Å². The molecule has 1 aromatic heterocycles. The number of aromatic nitrogens is 2. The number of nitrogens with two attached hydrogens (primary N) is 1. The fraction of sp³-hybridized carbons (Fsp3) is 0.500. The lowest BCUT2D eigenvalue weighted by molar-refractivity contribution is 0.100. The standard InChI is InChI=1S/C22H29N3O/c1-2-3-4-5-16-6-8-17(9-7-16)20-14-24-22(25-15-20)19-12-10-18(11-13-19)21(23)26/h10-17H,2-9H2,1H3,(H2,23,26). The fourth-order valence-corrected chi connectivity index (χ4v) is 3.95. The van der Waals surface area contributed by atoms with Gasteiger partial charge in [0.15, 0.2) is 5.82 Å². The molecule has 1 heterocycles. The van der Waals surface area contributed by atoms with E-state index in [0.29, 0.717) is 17.3 Å². The molecule has 2 N–H and O–H groups in total. The summed E-state index contributed by atoms with van der Waals surface area (Å²) in [6.07, 6.45) is 14.6. The lowest BCUT2D eigenvalue weighted by Gasteiger charge is -2.28. The van der Waals surface area contributed by atoms with Gasteiger partial charge in [0.05, 0.1) is 0 Å². The second-order valence-corrected chi connectivity index (χ2v) is 7.50. The molecule has 0 aliphatic heterocycles. The number of rotatable bonds is 7. The first-order valence-electron chi connectivity index (χ1n) is 9.89. The SMILES string of the molecule is CCCCCC1CCC(c2cnc(-c3ccc(C(N)=O)cc3)nc2)CC1. The Labute approximate surface area is 156 Å². The average Bonchev–Trinajstić information content (AvgIpc) is 2.69. The van der Waals surface area contributed by atoms with Crippen LogP contribution in [0.2, 0.25) is 0 Å². The minimum atomic E-state index is -0.418. The summed E-state index contributed by atoms with van der Waals surface area (Å²) in [5.74, 6) is 1.79. The van der Waals surface area contributed by atoms with E-state index >= 15 is 0 Å². The molecule has 2 aromatic rings. The van der Waals surface area contributed by atoms with Crippen LogP contribution in [-0.4, -0.2) is 15.9 Å². The van der Waals surface area contributed by atoms with Crippen molar-refractivity contribution in [3.05, 3.63) is 47.8 Å². The summed E-state index contributed by atoms with van der Waals surface area (Å²) in [7, 11) is 0. The molecule has 0 atom stereocenters. The Morgan fingerprint density at radius 3 is 2.27 bits per heavy atom. The number of primary amides is 1. The summed E-state index contributed by atoms with van der Waals surface area (Å²) < 4.78 is 0. The van der Waals surface area contributed by atoms with E-state index in [1.54, 1.807) is 12.1 Å². The zero-order valence-corrected chi connectivity index (χ0v) is 15.7. The van der Waals surface area contributed by atoms with Crippen molar-refractivity contribution in [2.24, 2.45) is 11.7 Å². The van der Waals surface area contributed by atoms with Gasteiger partial charge >= 0.3 is 0 Å². The molecule has 1 amide bonds. The number of hydrogen-bond donors (Lipinski definition) is 1. The quantitative estimate of drug-likeness (QED) is 0.706. The second-order valence-electron chi connectivity index (χ2n) is 7.50. The molecule has 0 radical (unpaired) electrons. The minimum absolute atomic E-state index is 0.418. The Morgan fingerprint density at radius 1 is 1.04 bits per heavy atom. The Morgan fingerprint density at radius 2 is 1.69 bits per heavy atom. The van der Waals surface area contributed by atoms with Crippen LogP contribution in [0.25, 0.3) is 11.4 Å². The van der Waals surface area contributed by atoms with E-state index in [1.807, 2.05) is 24.5 Å². The van der Waals surface area contributed by atoms with E-state index in [1.165, 1.54) is 56.9 Å². The van der Waals surface area contributed by atoms with Crippen LogP contribution in [0.4, 0.5) is 0 Å². The Kier molecular flexibility index (Phi) is 6.37. The predicted molar refractivity (Wildman–Crippen MR) is 105 cm³/mol. The molecule has 1 aliphatic carbocycles. The summed E-state index contributed by atoms with van der Waals surface area (Å²) in [4.78, 5) is 20.3. The van der Waals surface area contributed by atoms with Crippen molar-refractivity contribution in [3.8, 4) is 11.4 Å². The van der Waals surface area contributed by atoms with Crippen molar-refractivity contribution in [1.29, 1.82) is 0 Å². The maximum Gasteiger partial charge on any atom is 0.248 e. The van der Waals surface area contributed by atoms with Crippen LogP contribution >= 0.6 is 0 Å². The van der Waals surface area contributed by atoms with Gasteiger partial charge < -0.3 is 5.73 Å². The summed E-state index contributed by atoms with van der Waals surface area (Å²) in [6.45, 7) is 2.27. The van der Waals surface area contributed by atoms with E-state index in [0.717, 1.165) is 11.5 Å². The highest BCUT2D eigenvalue weighted by Gasteiger charge is 2.22. The molecular formula is C22H29N3O. The monoisotopic (exact) mass is 351 g/mol. The number of amides is 1. The molecule has 1 saturated carbocycles. The summed E-state index contributed by atoms with van der Waals surface area (Å²) in [5.41, 5.74) is 7.94. The van der Waals surface area contributed by atoms with Crippen molar-refractivity contribution >= 4 is 5.91 Å². The van der Waals surface area contributed by atoms with E-state index in [-0.39, 0.29) is 0 Å². The maximum absolute atomic E-state index is 11.2. The smallest absolute Gasteiger partial charge is 0.248 e. The molecule has 0 bridgehead atoms. The first-order valence-corrected chi connectivity index (χ1v) is 9.89. The molecular weight excluding hydrogens is 322 g/mol. The highest BCUT2D eigenvalue weighted by atomic mass is 16.1. The average molecular weight is 351 g/mol. The molecule has 26 heavy (non-hydrogen) atoms. The number of unbranched alkanes of at least 4 members (excludes halogenated alkanes) is 2. The van der Waals surface area contributed by atoms with E-state index in [4.69, 9.17) is 5.73 Å². The Balaban J connectivity index is 1.57. The molecule has 3 rings (SSSR count). The number of carbonyl (C=O) groups excluding carboxylic acids is 1. The zero-order chi connectivity index (χ0) is 18.4. The number of carbonyl (C=O) groups is 1. The van der Waals surface area contributed by atoms with Gasteiger partial charge in [-0.15, -0.1) is 0 Å². The van der Waals surface area contributed by atoms with Gasteiger partial charge in [-0.2, -0.15) is 0 Å². The van der Waals surface area contributed by atoms with Crippen molar-refractivity contribution in [1.82, 2.24) is 9.97 Å². The van der Waals surface area contributed by atoms with Gasteiger partial charge in [0.25, 0.3) is 0 Å². The van der Waals surface area contributed by atoms with E-state index < -0.39 is 5.91 Å². The van der Waals surface area contributed by atoms with Crippen LogP contribution in [0.3, 0.4) is 0 Å². The third-order valence-electron chi connectivity index (χ3n) is 5.63. The van der Waals surface area contributed by atoms with Gasteiger partial charge in [-0.3, -0.25) is 4.79 Å². The van der Waals surface area contributed by atoms with Gasteiger partial charge in [-0.25, -0.2) is 9.97 Å². The van der Waals surface area contributed by atoms with Crippen LogP contribution in [0.1, 0.15) is 80.1 Å². The number of hydrogen-bond acceptors (Lipinski definition) is 3. The Hall–Kier alpha value is -2.23. The highest BCUT2D eigenvalue weighted by molar-refractivity contribution is 5.93. The molecule has 0 saturated heterocycles. The van der Waals surface area contributed by atoms with Crippen LogP contribution in [0.5, 0.6) is 0 Å². The third kappa shape index (κ3) is 4.69. The molecule has 1 fully saturated rings. The lowest BCUT2D eigenvalue weighted by Crippen LogP contribution is -2.14. The maximum atomic E-state index is 11.2. The molecule has 1 aliphatic rings. The van der Waals surface area contributed by atoms with Crippen LogP contribution in [0, 0.1) is 5.92 Å². The minimum Gasteiger partial charge on any atom is -0.366 e. The van der Waals surface area contributed by atoms with Gasteiger partial charge in [0.1, 0.15) is 0 Å². The third-order valence-corrected chi connectivity index (χ3v) is 5.63. The van der Waals surface area contributed by atoms with Crippen LogP contribution < -0.4 is 5.73 Å². The van der Waals surface area contributed by atoms with E-state index in [9.17, 15) is 4.79 Å². The first-order chi connectivity index (χ1) is 12.7. The normalized spacial score (nSPS) is 20.0. The molecule has 138 valence electrons. The van der Waals surface area contributed by atoms with Crippen molar-refractivity contribution in [3.63, 3.8) is 0 Å². The van der Waals surface area contributed by atoms with E-state index in [2.05, 4.69) is 16.9 Å². The fourth-order valence-electron chi connectivity index (χ4n) is 3.95. The van der Waals surface area contributed by atoms with Gasteiger partial charge in [0.2, 0.25) is 5.91 Å². The number of nitrogens with zero attached hydrogens (tertiary/aromatic N) is 2. The molecule has 4 heteroatoms. The summed E-state index contributed by atoms with van der Waals surface area (Å²) >= 11 is 0. The second kappa shape index (κ2) is 8.93. The van der Waals surface area contributed by atoms with Gasteiger partial charge in [-0.05, 0) is 55.2 Å². The number of benzene rings is 1. The van der Waals surface area contributed by atoms with Crippen molar-refractivity contribution < 1.29 is 4.79 Å². The highest BCUT2D eigenvalue weighted by Crippen LogP contribution is 2.37. The Bertz CT molecular complexity index is 701. The first kappa shape index (κ1) is 18.6. The summed E-state index contributed by atoms with van der Waals surface area (Å²) in [5, 5.41) is 0. The van der Waals surface area contributed by atoms with Crippen LogP contribution in [0.15, 0.2) is 36.7 Å². The largest absolute Gasteiger partial charge is 0.366 e. The molecule has 4 nitrogen and oxygen atoms in total. The topological polar surface area (TPSA) is 68.9 Å². The van der Waals surface area contributed by atoms with Crippen molar-refractivity contribution in [2.75, 3.05) is 0 Å². The lowest BCUT2D eigenvalue weighted by atomic mass is 9.77.